The van der Waals surface area contributed by atoms with Crippen LogP contribution in [0, 0.1) is 11.8 Å². The lowest BCUT2D eigenvalue weighted by Gasteiger charge is -2.30. The van der Waals surface area contributed by atoms with Gasteiger partial charge < -0.3 is 29.4 Å². The number of aliphatic imine (C=N–C) groups is 1. The van der Waals surface area contributed by atoms with Gasteiger partial charge in [-0.3, -0.25) is 14.7 Å². The molecule has 4 aromatic rings. The van der Waals surface area contributed by atoms with E-state index >= 15 is 0 Å². The molecule has 12 nitrogen and oxygen atoms in total. The molecule has 2 saturated heterocycles. The van der Waals surface area contributed by atoms with Crippen molar-refractivity contribution in [3.8, 4) is 28.1 Å². The van der Waals surface area contributed by atoms with Crippen LogP contribution in [0.1, 0.15) is 96.6 Å². The maximum absolute atomic E-state index is 13.6. The number of alkyl carbamates (subject to hydrolysis) is 1. The smallest absolute Gasteiger partial charge is 0.410 e. The summed E-state index contributed by atoms with van der Waals surface area (Å²) in [5.74, 6) is 1.77. The first-order valence-electron chi connectivity index (χ1n) is 20.4. The average Bonchev–Trinajstić information content (AvgIpc) is 4.01. The van der Waals surface area contributed by atoms with Crippen molar-refractivity contribution in [3.05, 3.63) is 65.6 Å². The van der Waals surface area contributed by atoms with E-state index in [0.29, 0.717) is 32.0 Å². The number of aromatic nitrogens is 2. The Balaban J connectivity index is 1.01. The number of hydrogen-bond donors (Lipinski definition) is 2. The first kappa shape index (κ1) is 38.5. The van der Waals surface area contributed by atoms with Crippen LogP contribution in [0.5, 0.6) is 5.75 Å². The number of ether oxygens (including phenoxy) is 3. The molecule has 57 heavy (non-hydrogen) atoms. The minimum atomic E-state index is -0.688. The van der Waals surface area contributed by atoms with Gasteiger partial charge in [-0.1, -0.05) is 45.4 Å². The van der Waals surface area contributed by atoms with Crippen molar-refractivity contribution in [1.29, 1.82) is 0 Å². The number of hydrogen-bond acceptors (Lipinski definition) is 8. The van der Waals surface area contributed by atoms with E-state index in [0.717, 1.165) is 93.8 Å². The maximum Gasteiger partial charge on any atom is 0.410 e. The molecule has 5 heterocycles. The summed E-state index contributed by atoms with van der Waals surface area (Å²) in [4.78, 5) is 56.2. The fourth-order valence-electron chi connectivity index (χ4n) is 9.11. The third kappa shape index (κ3) is 7.46. The summed E-state index contributed by atoms with van der Waals surface area (Å²) in [5.41, 5.74) is 7.72. The highest BCUT2D eigenvalue weighted by atomic mass is 16.6. The number of nitrogens with one attached hydrogen (secondary N) is 2. The van der Waals surface area contributed by atoms with Crippen LogP contribution in [0.25, 0.3) is 33.2 Å². The van der Waals surface area contributed by atoms with E-state index in [9.17, 15) is 14.4 Å². The van der Waals surface area contributed by atoms with Crippen molar-refractivity contribution in [2.24, 2.45) is 16.8 Å². The second kappa shape index (κ2) is 15.2. The van der Waals surface area contributed by atoms with E-state index in [-0.39, 0.29) is 30.0 Å². The Morgan fingerprint density at radius 2 is 1.88 bits per heavy atom. The monoisotopic (exact) mass is 774 g/mol. The molecule has 4 aliphatic heterocycles. The summed E-state index contributed by atoms with van der Waals surface area (Å²) < 4.78 is 17.1. The van der Waals surface area contributed by atoms with Gasteiger partial charge in [0.2, 0.25) is 5.91 Å². The second-order valence-electron chi connectivity index (χ2n) is 17.3. The molecule has 0 spiro atoms. The molecule has 1 aromatic heterocycles. The number of carbonyl (C=O) groups excluding carboxylic acids is 3. The van der Waals surface area contributed by atoms with E-state index in [4.69, 9.17) is 24.2 Å². The fraction of sp³-hybridized carbons (Fsp3) is 0.489. The highest BCUT2D eigenvalue weighted by molar-refractivity contribution is 6.06. The topological polar surface area (TPSA) is 138 Å². The van der Waals surface area contributed by atoms with Gasteiger partial charge in [-0.05, 0) is 116 Å². The predicted octanol–water partition coefficient (Wildman–Crippen LogP) is 8.89. The van der Waals surface area contributed by atoms with Gasteiger partial charge in [-0.15, -0.1) is 0 Å². The SMILES string of the molecule is CCC[C@H]1C[C@@H](C2=Nc3ccc4cc5c(cc4c3C2)OCc2cc(-c3cnc([C@@H]4CCCN4C(=O)[C@@H](NC(=O)OC)C(C)C)[nH]3)ccc2-5)N(C(=O)OC(C)(C)C)C1. The molecule has 0 bridgehead atoms. The normalized spacial score (nSPS) is 20.5. The Bertz CT molecular complexity index is 2250. The molecule has 0 saturated carbocycles. The van der Waals surface area contributed by atoms with Crippen molar-refractivity contribution in [2.45, 2.75) is 110 Å². The number of amides is 3. The van der Waals surface area contributed by atoms with E-state index < -0.39 is 17.7 Å². The van der Waals surface area contributed by atoms with Crippen molar-refractivity contribution in [3.63, 3.8) is 0 Å². The average molecular weight is 775 g/mol. The van der Waals surface area contributed by atoms with Crippen LogP contribution in [0.3, 0.4) is 0 Å². The van der Waals surface area contributed by atoms with Gasteiger partial charge in [0.25, 0.3) is 0 Å². The molecule has 4 aliphatic rings. The predicted molar refractivity (Wildman–Crippen MR) is 220 cm³/mol. The lowest BCUT2D eigenvalue weighted by Crippen LogP contribution is -2.51. The quantitative estimate of drug-likeness (QED) is 0.182. The largest absolute Gasteiger partial charge is 0.488 e. The van der Waals surface area contributed by atoms with Gasteiger partial charge in [0.05, 0.1) is 36.8 Å². The third-order valence-electron chi connectivity index (χ3n) is 11.9. The van der Waals surface area contributed by atoms with Gasteiger partial charge in [-0.25, -0.2) is 14.6 Å². The first-order chi connectivity index (χ1) is 27.3. The molecule has 300 valence electrons. The molecule has 8 rings (SSSR count). The van der Waals surface area contributed by atoms with Crippen LogP contribution >= 0.6 is 0 Å². The zero-order valence-electron chi connectivity index (χ0n) is 34.1. The lowest BCUT2D eigenvalue weighted by molar-refractivity contribution is -0.135. The zero-order chi connectivity index (χ0) is 40.2. The molecule has 3 aromatic carbocycles. The highest BCUT2D eigenvalue weighted by Crippen LogP contribution is 2.45. The van der Waals surface area contributed by atoms with Crippen molar-refractivity contribution < 1.29 is 28.6 Å². The Morgan fingerprint density at radius 3 is 2.63 bits per heavy atom. The summed E-state index contributed by atoms with van der Waals surface area (Å²) >= 11 is 0. The lowest BCUT2D eigenvalue weighted by atomic mass is 9.90. The number of methoxy groups -OCH3 is 1. The number of imidazole rings is 1. The van der Waals surface area contributed by atoms with Crippen LogP contribution in [0.2, 0.25) is 0 Å². The van der Waals surface area contributed by atoms with Crippen LogP contribution < -0.4 is 10.1 Å². The standard InChI is InChI=1S/C45H54N6O6/c1-8-10-26-17-38(51(23-26)44(54)57-45(4,5)6)35-20-32-31-21-39-33(19-27(31)13-15-34(32)47-35)30-14-12-28(18-29(30)24-56-39)36-22-46-41(48-36)37-11-9-16-50(37)42(52)40(25(2)3)49-43(53)55-7/h12-15,18-19,21-22,25-26,37-38,40H,8-11,16-17,20,23-24H2,1-7H3,(H,46,48)(H,49,53)/t26-,37-,38-,40-/m0/s1. The number of benzene rings is 3. The van der Waals surface area contributed by atoms with Gasteiger partial charge >= 0.3 is 12.2 Å². The molecule has 12 heteroatoms. The van der Waals surface area contributed by atoms with Crippen molar-refractivity contribution in [1.82, 2.24) is 25.1 Å². The van der Waals surface area contributed by atoms with Gasteiger partial charge in [0.15, 0.2) is 0 Å². The molecule has 0 radical (unpaired) electrons. The first-order valence-corrected chi connectivity index (χ1v) is 20.4. The summed E-state index contributed by atoms with van der Waals surface area (Å²) in [6.45, 7) is 13.5. The third-order valence-corrected chi connectivity index (χ3v) is 11.9. The van der Waals surface area contributed by atoms with E-state index in [2.05, 4.69) is 59.7 Å². The molecule has 2 N–H and O–H groups in total. The molecule has 4 atom stereocenters. The van der Waals surface area contributed by atoms with Gasteiger partial charge in [0.1, 0.15) is 29.8 Å². The Labute approximate surface area is 334 Å². The molecule has 0 unspecified atom stereocenters. The number of aromatic amines is 1. The van der Waals surface area contributed by atoms with E-state index in [1.165, 1.54) is 12.7 Å². The zero-order valence-corrected chi connectivity index (χ0v) is 34.1. The Kier molecular flexibility index (Phi) is 10.2. The summed E-state index contributed by atoms with van der Waals surface area (Å²) in [6, 6.07) is 14.1. The number of carbonyl (C=O) groups is 3. The van der Waals surface area contributed by atoms with Crippen LogP contribution in [0.15, 0.2) is 53.7 Å². The van der Waals surface area contributed by atoms with E-state index in [1.54, 1.807) is 0 Å². The molecule has 0 aliphatic carbocycles. The highest BCUT2D eigenvalue weighted by Gasteiger charge is 2.41. The minimum Gasteiger partial charge on any atom is -0.488 e. The number of nitrogens with zero attached hydrogens (tertiary/aromatic N) is 4. The molecule has 2 fully saturated rings. The van der Waals surface area contributed by atoms with Crippen molar-refractivity contribution >= 4 is 40.3 Å². The maximum atomic E-state index is 13.6. The number of fused-ring (bicyclic) bond motifs is 6. The fourth-order valence-corrected chi connectivity index (χ4v) is 9.11. The van der Waals surface area contributed by atoms with Gasteiger partial charge in [-0.2, -0.15) is 0 Å². The number of rotatable bonds is 8. The van der Waals surface area contributed by atoms with Crippen LogP contribution in [-0.4, -0.2) is 81.5 Å². The molecule has 3 amide bonds. The van der Waals surface area contributed by atoms with Crippen LogP contribution in [0.4, 0.5) is 15.3 Å². The minimum absolute atomic E-state index is 0.0769. The molecular formula is C45H54N6O6. The summed E-state index contributed by atoms with van der Waals surface area (Å²) in [5, 5.41) is 4.97. The number of likely N-dealkylation sites (tertiary alicyclic amines) is 2. The Hall–Kier alpha value is -5.39. The summed E-state index contributed by atoms with van der Waals surface area (Å²) in [6.07, 6.45) is 6.34. The molecular weight excluding hydrogens is 721 g/mol. The van der Waals surface area contributed by atoms with E-state index in [1.807, 2.05) is 50.6 Å². The van der Waals surface area contributed by atoms with Crippen molar-refractivity contribution in [2.75, 3.05) is 20.2 Å². The van der Waals surface area contributed by atoms with Gasteiger partial charge in [0, 0.05) is 30.8 Å². The summed E-state index contributed by atoms with van der Waals surface area (Å²) in [7, 11) is 1.30. The van der Waals surface area contributed by atoms with Crippen LogP contribution in [-0.2, 0) is 27.3 Å². The number of H-pyrrole nitrogens is 1. The Morgan fingerprint density at radius 1 is 1.05 bits per heavy atom. The second-order valence-corrected chi connectivity index (χ2v) is 17.3.